The van der Waals surface area contributed by atoms with E-state index in [-0.39, 0.29) is 5.91 Å². The van der Waals surface area contributed by atoms with Gasteiger partial charge in [0, 0.05) is 23.2 Å². The number of carbonyl (C=O) groups is 1. The molecular weight excluding hydrogens is 368 g/mol. The van der Waals surface area contributed by atoms with Crippen molar-refractivity contribution in [2.24, 2.45) is 0 Å². The van der Waals surface area contributed by atoms with Gasteiger partial charge < -0.3 is 15.4 Å². The van der Waals surface area contributed by atoms with Gasteiger partial charge in [-0.2, -0.15) is 0 Å². The average molecular weight is 385 g/mol. The summed E-state index contributed by atoms with van der Waals surface area (Å²) in [5.74, 6) is 1.12. The number of halogens is 1. The van der Waals surface area contributed by atoms with Crippen LogP contribution in [-0.4, -0.2) is 35.0 Å². The minimum atomic E-state index is -0.0936. The Morgan fingerprint density at radius 2 is 2.29 bits per heavy atom. The van der Waals surface area contributed by atoms with Gasteiger partial charge in [-0.3, -0.25) is 4.79 Å². The van der Waals surface area contributed by atoms with E-state index in [0.717, 1.165) is 9.47 Å². The molecule has 1 fully saturated rings. The number of ether oxygens (including phenoxy) is 1. The summed E-state index contributed by atoms with van der Waals surface area (Å²) in [6.07, 6.45) is 2.77. The van der Waals surface area contributed by atoms with E-state index in [2.05, 4.69) is 20.8 Å². The maximum atomic E-state index is 12.1. The number of benzene rings is 1. The van der Waals surface area contributed by atoms with Crippen molar-refractivity contribution < 1.29 is 9.53 Å². The molecule has 0 unspecified atom stereocenters. The molecule has 9 heteroatoms. The van der Waals surface area contributed by atoms with Crippen molar-refractivity contribution >= 4 is 51.4 Å². The van der Waals surface area contributed by atoms with Gasteiger partial charge in [-0.25, -0.2) is 0 Å². The third kappa shape index (κ3) is 4.99. The highest BCUT2D eigenvalue weighted by Crippen LogP contribution is 2.31. The third-order valence-electron chi connectivity index (χ3n) is 3.30. The summed E-state index contributed by atoms with van der Waals surface area (Å²) >= 11 is 9.01. The van der Waals surface area contributed by atoms with Gasteiger partial charge in [0.25, 0.3) is 0 Å². The molecule has 1 aliphatic rings. The fourth-order valence-corrected chi connectivity index (χ4v) is 3.96. The number of aromatic nitrogens is 2. The van der Waals surface area contributed by atoms with Crippen molar-refractivity contribution in [3.05, 3.63) is 23.2 Å². The molecule has 2 aromatic rings. The number of hydrogen-bond donors (Lipinski definition) is 2. The highest BCUT2D eigenvalue weighted by atomic mass is 35.5. The quantitative estimate of drug-likeness (QED) is 0.672. The summed E-state index contributed by atoms with van der Waals surface area (Å²) in [5, 5.41) is 15.8. The van der Waals surface area contributed by atoms with Crippen molar-refractivity contribution in [1.29, 1.82) is 0 Å². The molecule has 1 aromatic heterocycles. The third-order valence-corrected chi connectivity index (χ3v) is 5.53. The molecule has 0 atom stereocenters. The highest BCUT2D eigenvalue weighted by molar-refractivity contribution is 8.01. The van der Waals surface area contributed by atoms with E-state index in [1.165, 1.54) is 35.9 Å². The predicted octanol–water partition coefficient (Wildman–Crippen LogP) is 3.90. The molecule has 1 aliphatic carbocycles. The first kappa shape index (κ1) is 17.3. The molecule has 1 aromatic carbocycles. The van der Waals surface area contributed by atoms with Crippen LogP contribution in [-0.2, 0) is 4.79 Å². The molecule has 0 radical (unpaired) electrons. The Morgan fingerprint density at radius 1 is 1.46 bits per heavy atom. The molecule has 0 aliphatic heterocycles. The van der Waals surface area contributed by atoms with E-state index in [4.69, 9.17) is 16.3 Å². The van der Waals surface area contributed by atoms with E-state index >= 15 is 0 Å². The van der Waals surface area contributed by atoms with Crippen LogP contribution in [0.25, 0.3) is 0 Å². The Hall–Kier alpha value is -1.51. The standard InChI is InChI=1S/C15H17ClN4O2S2/c1-22-12-5-2-9(16)8-11(12)18-13(21)6-7-23-15-20-19-14(24-15)17-10-3-4-10/h2,5,8,10H,3-4,6-7H2,1H3,(H,17,19)(H,18,21). The van der Waals surface area contributed by atoms with Gasteiger partial charge in [-0.15, -0.1) is 10.2 Å². The lowest BCUT2D eigenvalue weighted by atomic mass is 10.3. The van der Waals surface area contributed by atoms with Crippen molar-refractivity contribution in [3.63, 3.8) is 0 Å². The second-order valence-electron chi connectivity index (χ2n) is 5.28. The lowest BCUT2D eigenvalue weighted by Crippen LogP contribution is -2.12. The lowest BCUT2D eigenvalue weighted by molar-refractivity contribution is -0.115. The van der Waals surface area contributed by atoms with Crippen molar-refractivity contribution in [3.8, 4) is 5.75 Å². The van der Waals surface area contributed by atoms with Gasteiger partial charge in [0.15, 0.2) is 4.34 Å². The van der Waals surface area contributed by atoms with Crippen LogP contribution in [0.3, 0.4) is 0 Å². The normalized spacial score (nSPS) is 13.6. The molecule has 128 valence electrons. The smallest absolute Gasteiger partial charge is 0.225 e. The monoisotopic (exact) mass is 384 g/mol. The largest absolute Gasteiger partial charge is 0.495 e. The summed E-state index contributed by atoms with van der Waals surface area (Å²) in [6, 6.07) is 5.68. The molecule has 0 bridgehead atoms. The van der Waals surface area contributed by atoms with Gasteiger partial charge in [0.1, 0.15) is 5.75 Å². The van der Waals surface area contributed by atoms with E-state index in [1.807, 2.05) is 0 Å². The summed E-state index contributed by atoms with van der Waals surface area (Å²) in [4.78, 5) is 12.1. The predicted molar refractivity (Wildman–Crippen MR) is 98.5 cm³/mol. The molecule has 3 rings (SSSR count). The first-order chi connectivity index (χ1) is 11.6. The van der Waals surface area contributed by atoms with E-state index in [9.17, 15) is 4.79 Å². The Kier molecular flexibility index (Phi) is 5.80. The maximum absolute atomic E-state index is 12.1. The van der Waals surface area contributed by atoms with Crippen molar-refractivity contribution in [2.75, 3.05) is 23.5 Å². The molecular formula is C15H17ClN4O2S2. The van der Waals surface area contributed by atoms with Crippen LogP contribution in [0.15, 0.2) is 22.5 Å². The van der Waals surface area contributed by atoms with Crippen LogP contribution in [0.4, 0.5) is 10.8 Å². The van der Waals surface area contributed by atoms with Gasteiger partial charge >= 0.3 is 0 Å². The second-order valence-corrected chi connectivity index (χ2v) is 8.04. The van der Waals surface area contributed by atoms with E-state index in [0.29, 0.717) is 34.7 Å². The Bertz CT molecular complexity index is 721. The Balaban J connectivity index is 1.45. The number of amides is 1. The van der Waals surface area contributed by atoms with E-state index < -0.39 is 0 Å². The van der Waals surface area contributed by atoms with Crippen LogP contribution in [0.5, 0.6) is 5.75 Å². The molecule has 24 heavy (non-hydrogen) atoms. The van der Waals surface area contributed by atoms with Gasteiger partial charge in [-0.1, -0.05) is 34.7 Å². The highest BCUT2D eigenvalue weighted by Gasteiger charge is 2.22. The molecule has 1 heterocycles. The number of hydrogen-bond acceptors (Lipinski definition) is 7. The van der Waals surface area contributed by atoms with Crippen LogP contribution in [0.1, 0.15) is 19.3 Å². The second kappa shape index (κ2) is 8.04. The first-order valence-electron chi connectivity index (χ1n) is 7.50. The van der Waals surface area contributed by atoms with E-state index in [1.54, 1.807) is 25.3 Å². The molecule has 0 saturated heterocycles. The van der Waals surface area contributed by atoms with Crippen molar-refractivity contribution in [1.82, 2.24) is 10.2 Å². The molecule has 6 nitrogen and oxygen atoms in total. The fraction of sp³-hybridized carbons (Fsp3) is 0.400. The zero-order valence-electron chi connectivity index (χ0n) is 13.0. The summed E-state index contributed by atoms with van der Waals surface area (Å²) in [5.41, 5.74) is 0.576. The average Bonchev–Trinajstić information content (AvgIpc) is 3.25. The zero-order valence-corrected chi connectivity index (χ0v) is 15.4. The minimum absolute atomic E-state index is 0.0936. The Labute approximate surface area is 153 Å². The number of nitrogens with zero attached hydrogens (tertiary/aromatic N) is 2. The number of carbonyl (C=O) groups excluding carboxylic acids is 1. The minimum Gasteiger partial charge on any atom is -0.495 e. The molecule has 2 N–H and O–H groups in total. The Morgan fingerprint density at radius 3 is 3.04 bits per heavy atom. The summed E-state index contributed by atoms with van der Waals surface area (Å²) < 4.78 is 6.08. The lowest BCUT2D eigenvalue weighted by Gasteiger charge is -2.10. The van der Waals surface area contributed by atoms with Gasteiger partial charge in [0.05, 0.1) is 12.8 Å². The van der Waals surface area contributed by atoms with Crippen molar-refractivity contribution in [2.45, 2.75) is 29.6 Å². The summed E-state index contributed by atoms with van der Waals surface area (Å²) in [7, 11) is 1.55. The zero-order chi connectivity index (χ0) is 16.9. The number of methoxy groups -OCH3 is 1. The van der Waals surface area contributed by atoms with Crippen LogP contribution in [0.2, 0.25) is 5.02 Å². The number of rotatable bonds is 8. The van der Waals surface area contributed by atoms with Crippen LogP contribution >= 0.6 is 34.7 Å². The number of nitrogens with one attached hydrogen (secondary N) is 2. The van der Waals surface area contributed by atoms with Gasteiger partial charge in [-0.05, 0) is 31.0 Å². The van der Waals surface area contributed by atoms with Crippen LogP contribution in [0, 0.1) is 0 Å². The summed E-state index contributed by atoms with van der Waals surface area (Å²) in [6.45, 7) is 0. The van der Waals surface area contributed by atoms with Crippen LogP contribution < -0.4 is 15.4 Å². The van der Waals surface area contributed by atoms with Gasteiger partial charge in [0.2, 0.25) is 11.0 Å². The number of anilines is 2. The SMILES string of the molecule is COc1ccc(Cl)cc1NC(=O)CCSc1nnc(NC2CC2)s1. The maximum Gasteiger partial charge on any atom is 0.225 e. The molecule has 0 spiro atoms. The molecule has 1 amide bonds. The topological polar surface area (TPSA) is 76.1 Å². The number of thioether (sulfide) groups is 1. The fourth-order valence-electron chi connectivity index (χ4n) is 1.95. The first-order valence-corrected chi connectivity index (χ1v) is 9.68. The molecule has 1 saturated carbocycles.